The van der Waals surface area contributed by atoms with Crippen LogP contribution in [0.4, 0.5) is 0 Å². The highest BCUT2D eigenvalue weighted by atomic mass is 16.7. The molecule has 1 unspecified atom stereocenters. The third-order valence-electron chi connectivity index (χ3n) is 4.07. The van der Waals surface area contributed by atoms with Gasteiger partial charge in [0, 0.05) is 25.1 Å². The van der Waals surface area contributed by atoms with E-state index in [1.54, 1.807) is 24.3 Å². The molecule has 1 aromatic carbocycles. The van der Waals surface area contributed by atoms with Crippen molar-refractivity contribution in [3.63, 3.8) is 0 Å². The minimum Gasteiger partial charge on any atom is -0.481 e. The Balaban J connectivity index is 1.84. The fraction of sp³-hybridized carbons (Fsp3) is 0.526. The molecule has 0 bridgehead atoms. The topological polar surface area (TPSA) is 102 Å². The maximum absolute atomic E-state index is 12.1. The Labute approximate surface area is 152 Å². The summed E-state index contributed by atoms with van der Waals surface area (Å²) in [5.41, 5.74) is 0.558. The molecule has 0 aliphatic carbocycles. The zero-order valence-corrected chi connectivity index (χ0v) is 14.7. The summed E-state index contributed by atoms with van der Waals surface area (Å²) in [6.07, 6.45) is 1.73. The minimum absolute atomic E-state index is 0.00658. The van der Waals surface area contributed by atoms with Gasteiger partial charge in [-0.1, -0.05) is 18.2 Å². The van der Waals surface area contributed by atoms with Crippen LogP contribution in [0.25, 0.3) is 0 Å². The monoisotopic (exact) mass is 363 g/mol. The predicted octanol–water partition coefficient (Wildman–Crippen LogP) is 2.15. The van der Waals surface area contributed by atoms with Crippen LogP contribution in [0.1, 0.15) is 48.9 Å². The summed E-state index contributed by atoms with van der Waals surface area (Å²) in [4.78, 5) is 34.6. The lowest BCUT2D eigenvalue weighted by molar-refractivity contribution is -0.190. The SMILES string of the molecule is O=C(O)CC(=O)C[C@@H](CCNC(=O)c1ccccc1)OC1CCCCO1. The predicted molar refractivity (Wildman–Crippen MR) is 93.7 cm³/mol. The number of benzene rings is 1. The number of carbonyl (C=O) groups excluding carboxylic acids is 2. The molecule has 1 saturated heterocycles. The molecule has 2 atom stereocenters. The van der Waals surface area contributed by atoms with Gasteiger partial charge in [0.25, 0.3) is 5.91 Å². The highest BCUT2D eigenvalue weighted by Crippen LogP contribution is 2.18. The van der Waals surface area contributed by atoms with Crippen LogP contribution in [0.5, 0.6) is 0 Å². The highest BCUT2D eigenvalue weighted by Gasteiger charge is 2.23. The van der Waals surface area contributed by atoms with Gasteiger partial charge in [0.1, 0.15) is 12.2 Å². The van der Waals surface area contributed by atoms with Crippen LogP contribution in [0.2, 0.25) is 0 Å². The van der Waals surface area contributed by atoms with E-state index in [-0.39, 0.29) is 18.6 Å². The van der Waals surface area contributed by atoms with Crippen LogP contribution in [-0.2, 0) is 19.1 Å². The first-order valence-electron chi connectivity index (χ1n) is 8.88. The second-order valence-electron chi connectivity index (χ2n) is 6.28. The number of Topliss-reactive ketones (excluding diaryl/α,β-unsaturated/α-hetero) is 1. The summed E-state index contributed by atoms with van der Waals surface area (Å²) >= 11 is 0. The third kappa shape index (κ3) is 7.33. The lowest BCUT2D eigenvalue weighted by Crippen LogP contribution is -2.33. The van der Waals surface area contributed by atoms with E-state index >= 15 is 0 Å². The van der Waals surface area contributed by atoms with E-state index in [0.717, 1.165) is 19.3 Å². The summed E-state index contributed by atoms with van der Waals surface area (Å²) in [5.74, 6) is -1.75. The van der Waals surface area contributed by atoms with Crippen molar-refractivity contribution < 1.29 is 29.0 Å². The Morgan fingerprint density at radius 2 is 2.00 bits per heavy atom. The average molecular weight is 363 g/mol. The van der Waals surface area contributed by atoms with Crippen molar-refractivity contribution >= 4 is 17.7 Å². The number of carbonyl (C=O) groups is 3. The number of hydrogen-bond acceptors (Lipinski definition) is 5. The first-order chi connectivity index (χ1) is 12.5. The normalized spacial score (nSPS) is 18.1. The molecular weight excluding hydrogens is 338 g/mol. The molecule has 26 heavy (non-hydrogen) atoms. The molecule has 7 heteroatoms. The molecule has 0 radical (unpaired) electrons. The van der Waals surface area contributed by atoms with Gasteiger partial charge in [-0.3, -0.25) is 14.4 Å². The van der Waals surface area contributed by atoms with Crippen molar-refractivity contribution in [1.82, 2.24) is 5.32 Å². The van der Waals surface area contributed by atoms with Crippen molar-refractivity contribution in [2.24, 2.45) is 0 Å². The van der Waals surface area contributed by atoms with E-state index < -0.39 is 24.3 Å². The summed E-state index contributed by atoms with van der Waals surface area (Å²) in [6.45, 7) is 0.941. The Morgan fingerprint density at radius 3 is 2.65 bits per heavy atom. The van der Waals surface area contributed by atoms with Crippen LogP contribution in [0.3, 0.4) is 0 Å². The van der Waals surface area contributed by atoms with Gasteiger partial charge in [-0.2, -0.15) is 0 Å². The molecular formula is C19H25NO6. The molecule has 2 N–H and O–H groups in total. The smallest absolute Gasteiger partial charge is 0.310 e. The minimum atomic E-state index is -1.15. The van der Waals surface area contributed by atoms with E-state index in [9.17, 15) is 14.4 Å². The van der Waals surface area contributed by atoms with Crippen LogP contribution < -0.4 is 5.32 Å². The molecule has 1 amide bonds. The molecule has 1 heterocycles. The fourth-order valence-electron chi connectivity index (χ4n) is 2.78. The summed E-state index contributed by atoms with van der Waals surface area (Å²) < 4.78 is 11.4. The lowest BCUT2D eigenvalue weighted by atomic mass is 10.1. The Morgan fingerprint density at radius 1 is 1.23 bits per heavy atom. The van der Waals surface area contributed by atoms with Crippen molar-refractivity contribution in [2.75, 3.05) is 13.2 Å². The number of amides is 1. The summed E-state index contributed by atoms with van der Waals surface area (Å²) in [6, 6.07) is 8.83. The first kappa shape index (κ1) is 20.1. The van der Waals surface area contributed by atoms with Crippen molar-refractivity contribution in [3.05, 3.63) is 35.9 Å². The fourth-order valence-corrected chi connectivity index (χ4v) is 2.78. The number of hydrogen-bond donors (Lipinski definition) is 2. The van der Waals surface area contributed by atoms with Crippen LogP contribution in [0.15, 0.2) is 30.3 Å². The van der Waals surface area contributed by atoms with Gasteiger partial charge in [-0.25, -0.2) is 0 Å². The molecule has 2 rings (SSSR count). The van der Waals surface area contributed by atoms with E-state index in [0.29, 0.717) is 25.1 Å². The number of nitrogens with one attached hydrogen (secondary N) is 1. The van der Waals surface area contributed by atoms with Crippen LogP contribution in [-0.4, -0.2) is 48.3 Å². The molecule has 0 aromatic heterocycles. The number of ketones is 1. The van der Waals surface area contributed by atoms with Gasteiger partial charge < -0.3 is 19.9 Å². The zero-order valence-electron chi connectivity index (χ0n) is 14.7. The Hall–Kier alpha value is -2.25. The second-order valence-corrected chi connectivity index (χ2v) is 6.28. The van der Waals surface area contributed by atoms with Gasteiger partial charge in [-0.05, 0) is 37.8 Å². The molecule has 0 spiro atoms. The number of ether oxygens (including phenoxy) is 2. The van der Waals surface area contributed by atoms with E-state index in [1.165, 1.54) is 0 Å². The number of rotatable bonds is 10. The number of aliphatic carboxylic acids is 1. The molecule has 1 fully saturated rings. The van der Waals surface area contributed by atoms with Gasteiger partial charge >= 0.3 is 5.97 Å². The zero-order chi connectivity index (χ0) is 18.8. The standard InChI is InChI=1S/C19H25NO6/c21-15(13-17(22)23)12-16(26-18-8-4-5-11-25-18)9-10-20-19(24)14-6-2-1-3-7-14/h1-3,6-7,16,18H,4-5,8-13H2,(H,20,24)(H,22,23)/t16-,18?/m1/s1. The van der Waals surface area contributed by atoms with Crippen LogP contribution >= 0.6 is 0 Å². The van der Waals surface area contributed by atoms with Gasteiger partial charge in [-0.15, -0.1) is 0 Å². The number of carboxylic acids is 1. The van der Waals surface area contributed by atoms with Crippen LogP contribution in [0, 0.1) is 0 Å². The molecule has 0 saturated carbocycles. The summed E-state index contributed by atoms with van der Waals surface area (Å²) in [7, 11) is 0. The molecule has 1 aromatic rings. The van der Waals surface area contributed by atoms with Gasteiger partial charge in [0.15, 0.2) is 6.29 Å². The first-order valence-corrected chi connectivity index (χ1v) is 8.88. The lowest BCUT2D eigenvalue weighted by Gasteiger charge is -2.27. The van der Waals surface area contributed by atoms with Gasteiger partial charge in [0.2, 0.25) is 0 Å². The molecule has 1 aliphatic heterocycles. The van der Waals surface area contributed by atoms with E-state index in [4.69, 9.17) is 14.6 Å². The van der Waals surface area contributed by atoms with Crippen molar-refractivity contribution in [3.8, 4) is 0 Å². The molecule has 142 valence electrons. The van der Waals surface area contributed by atoms with Crippen molar-refractivity contribution in [2.45, 2.75) is 50.9 Å². The van der Waals surface area contributed by atoms with Crippen molar-refractivity contribution in [1.29, 1.82) is 0 Å². The second kappa shape index (κ2) is 10.7. The molecule has 1 aliphatic rings. The van der Waals surface area contributed by atoms with E-state index in [2.05, 4.69) is 5.32 Å². The Kier molecular flexibility index (Phi) is 8.24. The van der Waals surface area contributed by atoms with Gasteiger partial charge in [0.05, 0.1) is 6.10 Å². The quantitative estimate of drug-likeness (QED) is 0.618. The maximum Gasteiger partial charge on any atom is 0.310 e. The summed E-state index contributed by atoms with van der Waals surface area (Å²) in [5, 5.41) is 11.5. The molecule has 7 nitrogen and oxygen atoms in total. The largest absolute Gasteiger partial charge is 0.481 e. The van der Waals surface area contributed by atoms with E-state index in [1.807, 2.05) is 6.07 Å². The Bertz CT molecular complexity index is 597. The third-order valence-corrected chi connectivity index (χ3v) is 4.07. The maximum atomic E-state index is 12.1. The average Bonchev–Trinajstić information content (AvgIpc) is 2.62. The highest BCUT2D eigenvalue weighted by molar-refractivity contribution is 5.95. The number of carboxylic acid groups (broad SMARTS) is 1.